The van der Waals surface area contributed by atoms with E-state index < -0.39 is 41.2 Å². The van der Waals surface area contributed by atoms with Crippen molar-refractivity contribution in [3.05, 3.63) is 10.5 Å². The summed E-state index contributed by atoms with van der Waals surface area (Å²) < 4.78 is 85.9. The Hall–Kier alpha value is -0.405. The van der Waals surface area contributed by atoms with Crippen LogP contribution in [0, 0.1) is 0 Å². The van der Waals surface area contributed by atoms with Crippen LogP contribution < -0.4 is 0 Å². The summed E-state index contributed by atoms with van der Waals surface area (Å²) in [5.74, 6) is 0. The SMILES string of the molecule is CC1(C)OB(C(=C(Cl)C(F)(F)F)C(F)(F)F)OC1(C)C. The average Bonchev–Trinajstić information content (AvgIpc) is 2.30. The first-order valence-electron chi connectivity index (χ1n) is 5.49. The Morgan fingerprint density at radius 2 is 1.20 bits per heavy atom. The number of alkyl halides is 6. The van der Waals surface area contributed by atoms with Gasteiger partial charge in [-0.1, -0.05) is 11.6 Å². The highest BCUT2D eigenvalue weighted by Crippen LogP contribution is 2.46. The molecule has 0 N–H and O–H groups in total. The van der Waals surface area contributed by atoms with Gasteiger partial charge in [0.1, 0.15) is 5.03 Å². The van der Waals surface area contributed by atoms with Gasteiger partial charge in [-0.15, -0.1) is 0 Å². The topological polar surface area (TPSA) is 18.5 Å². The molecule has 1 heterocycles. The molecule has 0 spiro atoms. The van der Waals surface area contributed by atoms with Gasteiger partial charge in [-0.25, -0.2) is 0 Å². The number of hydrogen-bond donors (Lipinski definition) is 0. The van der Waals surface area contributed by atoms with Gasteiger partial charge in [0.2, 0.25) is 0 Å². The summed E-state index contributed by atoms with van der Waals surface area (Å²) in [5.41, 5.74) is -4.50. The molecule has 0 aromatic rings. The van der Waals surface area contributed by atoms with Gasteiger partial charge in [0, 0.05) is 0 Å². The average molecular weight is 324 g/mol. The number of allylic oxidation sites excluding steroid dienone is 2. The lowest BCUT2D eigenvalue weighted by molar-refractivity contribution is -0.107. The molecule has 2 nitrogen and oxygen atoms in total. The van der Waals surface area contributed by atoms with E-state index in [-0.39, 0.29) is 0 Å². The second-order valence-corrected chi connectivity index (χ2v) is 5.69. The van der Waals surface area contributed by atoms with Gasteiger partial charge in [0.25, 0.3) is 0 Å². The van der Waals surface area contributed by atoms with Gasteiger partial charge < -0.3 is 9.31 Å². The Morgan fingerprint density at radius 3 is 1.45 bits per heavy atom. The van der Waals surface area contributed by atoms with Gasteiger partial charge in [0.05, 0.1) is 16.7 Å². The van der Waals surface area contributed by atoms with Crippen LogP contribution in [0.1, 0.15) is 27.7 Å². The lowest BCUT2D eigenvalue weighted by atomic mass is 9.77. The Bertz CT molecular complexity index is 410. The first-order valence-corrected chi connectivity index (χ1v) is 5.87. The van der Waals surface area contributed by atoms with Crippen LogP contribution in [0.4, 0.5) is 26.3 Å². The summed E-state index contributed by atoms with van der Waals surface area (Å²) in [6.45, 7) is 5.68. The molecule has 0 bridgehead atoms. The van der Waals surface area contributed by atoms with Gasteiger partial charge in [0.15, 0.2) is 0 Å². The quantitative estimate of drug-likeness (QED) is 0.531. The lowest BCUT2D eigenvalue weighted by Gasteiger charge is -2.32. The van der Waals surface area contributed by atoms with Crippen molar-refractivity contribution < 1.29 is 35.7 Å². The fraction of sp³-hybridized carbons (Fsp3) is 0.800. The molecule has 1 rings (SSSR count). The highest BCUT2D eigenvalue weighted by Gasteiger charge is 2.60. The zero-order chi connectivity index (χ0) is 16.1. The van der Waals surface area contributed by atoms with Crippen LogP contribution in [0.3, 0.4) is 0 Å². The molecule has 116 valence electrons. The highest BCUT2D eigenvalue weighted by atomic mass is 35.5. The summed E-state index contributed by atoms with van der Waals surface area (Å²) in [6.07, 6.45) is -10.7. The monoisotopic (exact) mass is 324 g/mol. The molecular formula is C10H12BClF6O2. The molecule has 0 atom stereocenters. The van der Waals surface area contributed by atoms with Crippen LogP contribution in [0.25, 0.3) is 0 Å². The van der Waals surface area contributed by atoms with Crippen LogP contribution in [0.15, 0.2) is 10.5 Å². The molecular weight excluding hydrogens is 312 g/mol. The molecule has 0 aromatic carbocycles. The second kappa shape index (κ2) is 4.81. The Kier molecular flexibility index (Phi) is 4.24. The number of hydrogen-bond acceptors (Lipinski definition) is 2. The van der Waals surface area contributed by atoms with Crippen LogP contribution >= 0.6 is 11.6 Å². The van der Waals surface area contributed by atoms with Crippen molar-refractivity contribution in [2.45, 2.75) is 51.2 Å². The van der Waals surface area contributed by atoms with Crippen LogP contribution in [0.5, 0.6) is 0 Å². The number of rotatable bonds is 1. The van der Waals surface area contributed by atoms with E-state index in [9.17, 15) is 26.3 Å². The predicted molar refractivity (Wildman–Crippen MR) is 61.1 cm³/mol. The zero-order valence-electron chi connectivity index (χ0n) is 11.0. The van der Waals surface area contributed by atoms with Crippen molar-refractivity contribution >= 4 is 18.7 Å². The van der Waals surface area contributed by atoms with Crippen molar-refractivity contribution in [2.24, 2.45) is 0 Å². The minimum Gasteiger partial charge on any atom is -0.399 e. The Labute approximate surface area is 117 Å². The van der Waals surface area contributed by atoms with Crippen molar-refractivity contribution in [3.8, 4) is 0 Å². The molecule has 10 heteroatoms. The zero-order valence-corrected chi connectivity index (χ0v) is 11.8. The molecule has 1 aliphatic heterocycles. The van der Waals surface area contributed by atoms with Gasteiger partial charge in [-0.05, 0) is 27.7 Å². The minimum absolute atomic E-state index is 1.21. The Morgan fingerprint density at radius 1 is 0.850 bits per heavy atom. The largest absolute Gasteiger partial charge is 0.501 e. The third-order valence-corrected chi connectivity index (χ3v) is 3.70. The van der Waals surface area contributed by atoms with E-state index in [1.54, 1.807) is 0 Å². The number of halogens is 7. The van der Waals surface area contributed by atoms with Gasteiger partial charge in [-0.3, -0.25) is 0 Å². The summed E-state index contributed by atoms with van der Waals surface area (Å²) in [4.78, 5) is 0. The summed E-state index contributed by atoms with van der Waals surface area (Å²) in [5, 5.41) is -2.29. The molecule has 0 unspecified atom stereocenters. The van der Waals surface area contributed by atoms with E-state index in [2.05, 4.69) is 0 Å². The third kappa shape index (κ3) is 3.25. The maximum atomic E-state index is 12.9. The van der Waals surface area contributed by atoms with Gasteiger partial charge >= 0.3 is 19.5 Å². The summed E-state index contributed by atoms with van der Waals surface area (Å²) in [6, 6.07) is 0. The lowest BCUT2D eigenvalue weighted by Crippen LogP contribution is -2.41. The van der Waals surface area contributed by atoms with E-state index in [1.807, 2.05) is 0 Å². The molecule has 0 amide bonds. The first kappa shape index (κ1) is 17.6. The maximum Gasteiger partial charge on any atom is 0.501 e. The normalized spacial score (nSPS) is 23.9. The third-order valence-electron chi connectivity index (χ3n) is 3.28. The Balaban J connectivity index is 3.32. The van der Waals surface area contributed by atoms with E-state index in [0.29, 0.717) is 0 Å². The van der Waals surface area contributed by atoms with Crippen molar-refractivity contribution in [2.75, 3.05) is 0 Å². The second-order valence-electron chi connectivity index (χ2n) is 5.31. The van der Waals surface area contributed by atoms with Crippen LogP contribution in [0.2, 0.25) is 0 Å². The van der Waals surface area contributed by atoms with E-state index in [4.69, 9.17) is 20.9 Å². The van der Waals surface area contributed by atoms with Crippen molar-refractivity contribution in [1.82, 2.24) is 0 Å². The molecule has 0 aliphatic carbocycles. The molecule has 0 aromatic heterocycles. The molecule has 0 radical (unpaired) electrons. The van der Waals surface area contributed by atoms with E-state index in [1.165, 1.54) is 27.7 Å². The molecule has 1 saturated heterocycles. The van der Waals surface area contributed by atoms with Crippen molar-refractivity contribution in [3.63, 3.8) is 0 Å². The molecule has 0 saturated carbocycles. The summed E-state index contributed by atoms with van der Waals surface area (Å²) in [7, 11) is -2.23. The van der Waals surface area contributed by atoms with Crippen LogP contribution in [-0.2, 0) is 9.31 Å². The standard InChI is InChI=1S/C10H12BClF6O2/c1-7(2)8(3,4)20-11(19-7)5(9(13,14)15)6(12)10(16,17)18/h1-4H3. The molecule has 20 heavy (non-hydrogen) atoms. The first-order chi connectivity index (χ1) is 8.59. The highest BCUT2D eigenvalue weighted by molar-refractivity contribution is 6.57. The van der Waals surface area contributed by atoms with Crippen LogP contribution in [-0.4, -0.2) is 30.7 Å². The maximum absolute atomic E-state index is 12.9. The fourth-order valence-corrected chi connectivity index (χ4v) is 1.67. The fourth-order valence-electron chi connectivity index (χ4n) is 1.48. The molecule has 1 aliphatic rings. The predicted octanol–water partition coefficient (Wildman–Crippen LogP) is 4.24. The minimum atomic E-state index is -5.34. The van der Waals surface area contributed by atoms with E-state index >= 15 is 0 Å². The van der Waals surface area contributed by atoms with Crippen molar-refractivity contribution in [1.29, 1.82) is 0 Å². The molecule has 1 fully saturated rings. The van der Waals surface area contributed by atoms with E-state index in [0.717, 1.165) is 0 Å². The van der Waals surface area contributed by atoms with Gasteiger partial charge in [-0.2, -0.15) is 26.3 Å². The smallest absolute Gasteiger partial charge is 0.399 e. The summed E-state index contributed by atoms with van der Waals surface area (Å²) >= 11 is 4.85.